The molecule has 1 heterocycles. The molecule has 166 valence electrons. The van der Waals surface area contributed by atoms with Gasteiger partial charge in [0.05, 0.1) is 19.4 Å². The average molecular weight is 432 g/mol. The van der Waals surface area contributed by atoms with Gasteiger partial charge in [0.1, 0.15) is 11.3 Å². The number of nitrogens with zero attached hydrogens (tertiary/aromatic N) is 2. The first-order valence-corrected chi connectivity index (χ1v) is 10.6. The molecule has 3 rings (SSSR count). The van der Waals surface area contributed by atoms with Gasteiger partial charge in [0.15, 0.2) is 0 Å². The first-order chi connectivity index (χ1) is 15.3. The first kappa shape index (κ1) is 23.0. The van der Waals surface area contributed by atoms with Gasteiger partial charge in [0, 0.05) is 11.8 Å². The predicted molar refractivity (Wildman–Crippen MR) is 128 cm³/mol. The maximum absolute atomic E-state index is 12.8. The number of aromatic nitrogens is 1. The van der Waals surface area contributed by atoms with E-state index in [1.165, 1.54) is 22.4 Å². The van der Waals surface area contributed by atoms with Gasteiger partial charge in [0.2, 0.25) is 0 Å². The summed E-state index contributed by atoms with van der Waals surface area (Å²) in [6.07, 6.45) is 3.18. The second-order valence-corrected chi connectivity index (χ2v) is 8.47. The number of hydrazone groups is 1. The fourth-order valence-corrected chi connectivity index (χ4v) is 3.24. The Morgan fingerprint density at radius 1 is 1.06 bits per heavy atom. The van der Waals surface area contributed by atoms with Crippen LogP contribution in [0.4, 0.5) is 0 Å². The van der Waals surface area contributed by atoms with E-state index in [1.54, 1.807) is 12.3 Å². The van der Waals surface area contributed by atoms with Gasteiger partial charge in [-0.25, -0.2) is 5.43 Å². The summed E-state index contributed by atoms with van der Waals surface area (Å²) in [6, 6.07) is 18.8. The number of amides is 1. The second kappa shape index (κ2) is 10.1. The van der Waals surface area contributed by atoms with E-state index in [-0.39, 0.29) is 16.5 Å². The van der Waals surface area contributed by atoms with Crippen molar-refractivity contribution in [3.05, 3.63) is 99.5 Å². The van der Waals surface area contributed by atoms with Crippen molar-refractivity contribution in [2.75, 3.05) is 6.61 Å². The summed E-state index contributed by atoms with van der Waals surface area (Å²) in [6.45, 7) is 9.29. The summed E-state index contributed by atoms with van der Waals surface area (Å²) < 4.78 is 7.06. The number of nitrogens with one attached hydrogen (secondary N) is 1. The largest absolute Gasteiger partial charge is 0.493 e. The van der Waals surface area contributed by atoms with Crippen LogP contribution in [0.25, 0.3) is 0 Å². The van der Waals surface area contributed by atoms with Crippen molar-refractivity contribution in [1.29, 1.82) is 0 Å². The van der Waals surface area contributed by atoms with Gasteiger partial charge in [-0.3, -0.25) is 9.59 Å². The minimum Gasteiger partial charge on any atom is -0.493 e. The Bertz CT molecular complexity index is 1160. The third kappa shape index (κ3) is 5.72. The zero-order valence-electron chi connectivity index (χ0n) is 19.0. The molecule has 6 heteroatoms. The molecule has 0 spiro atoms. The van der Waals surface area contributed by atoms with E-state index in [4.69, 9.17) is 4.74 Å². The summed E-state index contributed by atoms with van der Waals surface area (Å²) in [7, 11) is 0. The number of benzene rings is 2. The number of para-hydroxylation sites is 1. The van der Waals surface area contributed by atoms with Crippen LogP contribution >= 0.6 is 0 Å². The summed E-state index contributed by atoms with van der Waals surface area (Å²) in [4.78, 5) is 25.4. The monoisotopic (exact) mass is 431 g/mol. The average Bonchev–Trinajstić information content (AvgIpc) is 2.76. The van der Waals surface area contributed by atoms with Gasteiger partial charge < -0.3 is 9.30 Å². The number of carbonyl (C=O) groups is 1. The molecule has 0 aliphatic carbocycles. The predicted octanol–water partition coefficient (Wildman–Crippen LogP) is 4.36. The molecule has 6 nitrogen and oxygen atoms in total. The summed E-state index contributed by atoms with van der Waals surface area (Å²) in [5, 5.41) is 4.00. The lowest BCUT2D eigenvalue weighted by molar-refractivity contribution is 0.0953. The Hall–Kier alpha value is -3.67. The number of pyridine rings is 1. The Balaban J connectivity index is 1.72. The lowest BCUT2D eigenvalue weighted by atomic mass is 9.87. The van der Waals surface area contributed by atoms with Crippen LogP contribution in [0.2, 0.25) is 0 Å². The number of hydrogen-bond donors (Lipinski definition) is 1. The summed E-state index contributed by atoms with van der Waals surface area (Å²) >= 11 is 0. The van der Waals surface area contributed by atoms with E-state index in [1.807, 2.05) is 43.3 Å². The molecule has 0 unspecified atom stereocenters. The van der Waals surface area contributed by atoms with Crippen LogP contribution in [0.3, 0.4) is 0 Å². The van der Waals surface area contributed by atoms with Gasteiger partial charge in [-0.2, -0.15) is 5.10 Å². The molecule has 0 fully saturated rings. The molecule has 0 bridgehead atoms. The molecule has 1 amide bonds. The Morgan fingerprint density at radius 3 is 2.47 bits per heavy atom. The number of hydrogen-bond acceptors (Lipinski definition) is 4. The van der Waals surface area contributed by atoms with Crippen molar-refractivity contribution < 1.29 is 9.53 Å². The molecule has 0 radical (unpaired) electrons. The fourth-order valence-electron chi connectivity index (χ4n) is 3.24. The quantitative estimate of drug-likeness (QED) is 0.446. The SMILES string of the molecule is CCOc1ccccc1/C=N\NC(=O)c1cccn(Cc2ccc(C(C)(C)C)cc2)c1=O. The molecular formula is C26H29N3O3. The van der Waals surface area contributed by atoms with Gasteiger partial charge in [-0.15, -0.1) is 0 Å². The molecule has 1 N–H and O–H groups in total. The fraction of sp³-hybridized carbons (Fsp3) is 0.269. The zero-order valence-corrected chi connectivity index (χ0v) is 19.0. The van der Waals surface area contributed by atoms with E-state index in [2.05, 4.69) is 43.4 Å². The van der Waals surface area contributed by atoms with Crippen LogP contribution in [0.1, 0.15) is 54.7 Å². The highest BCUT2D eigenvalue weighted by molar-refractivity contribution is 5.94. The molecule has 0 atom stereocenters. The highest BCUT2D eigenvalue weighted by atomic mass is 16.5. The third-order valence-electron chi connectivity index (χ3n) is 5.03. The van der Waals surface area contributed by atoms with Crippen LogP contribution < -0.4 is 15.7 Å². The lowest BCUT2D eigenvalue weighted by Gasteiger charge is -2.19. The number of carbonyl (C=O) groups excluding carboxylic acids is 1. The lowest BCUT2D eigenvalue weighted by Crippen LogP contribution is -2.30. The zero-order chi connectivity index (χ0) is 23.1. The summed E-state index contributed by atoms with van der Waals surface area (Å²) in [5.41, 5.74) is 5.12. The van der Waals surface area contributed by atoms with Crippen LogP contribution in [-0.4, -0.2) is 23.3 Å². The first-order valence-electron chi connectivity index (χ1n) is 10.6. The van der Waals surface area contributed by atoms with Crippen LogP contribution in [0.15, 0.2) is 76.8 Å². The van der Waals surface area contributed by atoms with E-state index < -0.39 is 5.91 Å². The number of rotatable bonds is 7. The second-order valence-electron chi connectivity index (χ2n) is 8.47. The van der Waals surface area contributed by atoms with E-state index in [9.17, 15) is 9.59 Å². The van der Waals surface area contributed by atoms with Gasteiger partial charge in [-0.1, -0.05) is 57.2 Å². The Labute approximate surface area is 188 Å². The van der Waals surface area contributed by atoms with Crippen LogP contribution in [0, 0.1) is 0 Å². The standard InChI is InChI=1S/C26H29N3O3/c1-5-32-23-11-7-6-9-20(23)17-27-28-24(30)22-10-8-16-29(25(22)31)18-19-12-14-21(15-13-19)26(2,3)4/h6-17H,5,18H2,1-4H3,(H,28,30)/b27-17-. The normalized spacial score (nSPS) is 11.5. The van der Waals surface area contributed by atoms with Crippen molar-refractivity contribution in [3.63, 3.8) is 0 Å². The Morgan fingerprint density at radius 2 is 1.78 bits per heavy atom. The van der Waals surface area contributed by atoms with Crippen molar-refractivity contribution in [3.8, 4) is 5.75 Å². The maximum Gasteiger partial charge on any atom is 0.276 e. The van der Waals surface area contributed by atoms with Crippen molar-refractivity contribution in [1.82, 2.24) is 9.99 Å². The minimum atomic E-state index is -0.558. The molecule has 0 saturated heterocycles. The van der Waals surface area contributed by atoms with Gasteiger partial charge in [0.25, 0.3) is 11.5 Å². The summed E-state index contributed by atoms with van der Waals surface area (Å²) in [5.74, 6) is 0.116. The molecule has 1 aromatic heterocycles. The van der Waals surface area contributed by atoms with E-state index >= 15 is 0 Å². The van der Waals surface area contributed by atoms with E-state index in [0.717, 1.165) is 11.1 Å². The van der Waals surface area contributed by atoms with Crippen molar-refractivity contribution in [2.24, 2.45) is 5.10 Å². The molecule has 3 aromatic rings. The van der Waals surface area contributed by atoms with Gasteiger partial charge >= 0.3 is 0 Å². The molecular weight excluding hydrogens is 402 g/mol. The highest BCUT2D eigenvalue weighted by Crippen LogP contribution is 2.22. The molecule has 32 heavy (non-hydrogen) atoms. The number of ether oxygens (including phenoxy) is 1. The smallest absolute Gasteiger partial charge is 0.276 e. The Kier molecular flexibility index (Phi) is 7.25. The maximum atomic E-state index is 12.8. The minimum absolute atomic E-state index is 0.0362. The van der Waals surface area contributed by atoms with Crippen molar-refractivity contribution >= 4 is 12.1 Å². The molecule has 0 saturated carbocycles. The topological polar surface area (TPSA) is 72.7 Å². The molecule has 0 aliphatic rings. The van der Waals surface area contributed by atoms with Crippen LogP contribution in [-0.2, 0) is 12.0 Å². The highest BCUT2D eigenvalue weighted by Gasteiger charge is 2.14. The van der Waals surface area contributed by atoms with E-state index in [0.29, 0.717) is 18.9 Å². The van der Waals surface area contributed by atoms with Crippen LogP contribution in [0.5, 0.6) is 5.75 Å². The van der Waals surface area contributed by atoms with Gasteiger partial charge in [-0.05, 0) is 47.7 Å². The van der Waals surface area contributed by atoms with Crippen molar-refractivity contribution in [2.45, 2.75) is 39.7 Å². The molecule has 0 aliphatic heterocycles. The molecule has 2 aromatic carbocycles. The third-order valence-corrected chi connectivity index (χ3v) is 5.03.